The van der Waals surface area contributed by atoms with Crippen LogP contribution in [0.3, 0.4) is 0 Å². The van der Waals surface area contributed by atoms with E-state index in [4.69, 9.17) is 0 Å². The maximum absolute atomic E-state index is 11.7. The van der Waals surface area contributed by atoms with E-state index in [1.54, 1.807) is 17.3 Å². The molecule has 0 atom stereocenters. The summed E-state index contributed by atoms with van der Waals surface area (Å²) in [5.74, 6) is 0. The minimum absolute atomic E-state index is 0.0312. The molecule has 1 aromatic heterocycles. The van der Waals surface area contributed by atoms with Crippen molar-refractivity contribution in [1.29, 1.82) is 0 Å². The highest BCUT2D eigenvalue weighted by atomic mass is 16.2. The molecular weight excluding hydrogens is 252 g/mol. The summed E-state index contributed by atoms with van der Waals surface area (Å²) in [6.07, 6.45) is 3.56. The molecule has 20 heavy (non-hydrogen) atoms. The lowest BCUT2D eigenvalue weighted by atomic mass is 10.2. The second-order valence-electron chi connectivity index (χ2n) is 4.64. The first-order chi connectivity index (χ1) is 9.83. The number of amides is 2. The van der Waals surface area contributed by atoms with E-state index in [-0.39, 0.29) is 6.03 Å². The van der Waals surface area contributed by atoms with Gasteiger partial charge in [0.25, 0.3) is 0 Å². The van der Waals surface area contributed by atoms with E-state index in [1.165, 1.54) is 5.56 Å². The van der Waals surface area contributed by atoms with Gasteiger partial charge in [-0.2, -0.15) is 0 Å². The zero-order valence-corrected chi connectivity index (χ0v) is 11.0. The first kappa shape index (κ1) is 12.5. The van der Waals surface area contributed by atoms with Crippen LogP contribution in [0.1, 0.15) is 5.56 Å². The van der Waals surface area contributed by atoms with Gasteiger partial charge in [-0.3, -0.25) is 9.88 Å². The fraction of sp³-hybridized carbons (Fsp3) is 0.200. The molecule has 1 saturated heterocycles. The van der Waals surface area contributed by atoms with Gasteiger partial charge in [0, 0.05) is 43.4 Å². The zero-order valence-electron chi connectivity index (χ0n) is 11.0. The molecule has 2 heterocycles. The smallest absolute Gasteiger partial charge is 0.321 e. The highest BCUT2D eigenvalue weighted by Crippen LogP contribution is 2.21. The molecule has 1 aliphatic heterocycles. The molecule has 5 nitrogen and oxygen atoms in total. The summed E-state index contributed by atoms with van der Waals surface area (Å²) in [4.78, 5) is 17.4. The number of carbonyl (C=O) groups excluding carboxylic acids is 1. The molecule has 5 heteroatoms. The summed E-state index contributed by atoms with van der Waals surface area (Å²) in [5, 5.41) is 6.16. The van der Waals surface area contributed by atoms with Gasteiger partial charge < -0.3 is 10.6 Å². The third kappa shape index (κ3) is 2.71. The summed E-state index contributed by atoms with van der Waals surface area (Å²) in [6, 6.07) is 11.8. The predicted octanol–water partition coefficient (Wildman–Crippen LogP) is 2.22. The highest BCUT2D eigenvalue weighted by molar-refractivity contribution is 5.94. The second-order valence-corrected chi connectivity index (χ2v) is 4.64. The summed E-state index contributed by atoms with van der Waals surface area (Å²) in [5.41, 5.74) is 3.09. The van der Waals surface area contributed by atoms with Gasteiger partial charge >= 0.3 is 6.03 Å². The van der Waals surface area contributed by atoms with Gasteiger partial charge in [0.2, 0.25) is 0 Å². The normalized spacial score (nSPS) is 14.2. The molecule has 0 saturated carbocycles. The number of benzene rings is 1. The summed E-state index contributed by atoms with van der Waals surface area (Å²) in [6.45, 7) is 2.15. The molecule has 1 aliphatic rings. The predicted molar refractivity (Wildman–Crippen MR) is 78.8 cm³/mol. The van der Waals surface area contributed by atoms with Crippen LogP contribution in [-0.4, -0.2) is 24.1 Å². The second kappa shape index (κ2) is 5.61. The number of hydrogen-bond acceptors (Lipinski definition) is 3. The first-order valence-electron chi connectivity index (χ1n) is 6.61. The van der Waals surface area contributed by atoms with Gasteiger partial charge in [-0.05, 0) is 35.9 Å². The summed E-state index contributed by atoms with van der Waals surface area (Å²) >= 11 is 0. The third-order valence-corrected chi connectivity index (χ3v) is 3.26. The standard InChI is InChI=1S/C15H16N4O/c20-15-17-8-9-19(15)14-3-1-2-13(10-14)18-11-12-4-6-16-7-5-12/h1-7,10,18H,8-9,11H2,(H,17,20). The average molecular weight is 268 g/mol. The average Bonchev–Trinajstić information content (AvgIpc) is 2.93. The van der Waals surface area contributed by atoms with E-state index in [0.717, 1.165) is 17.9 Å². The number of urea groups is 1. The van der Waals surface area contributed by atoms with Crippen molar-refractivity contribution in [3.63, 3.8) is 0 Å². The number of rotatable bonds is 4. The molecule has 0 bridgehead atoms. The van der Waals surface area contributed by atoms with E-state index >= 15 is 0 Å². The number of aromatic nitrogens is 1. The van der Waals surface area contributed by atoms with Crippen LogP contribution in [0.5, 0.6) is 0 Å². The lowest BCUT2D eigenvalue weighted by Crippen LogP contribution is -2.27. The van der Waals surface area contributed by atoms with Gasteiger partial charge in [-0.25, -0.2) is 4.79 Å². The molecule has 0 aliphatic carbocycles. The van der Waals surface area contributed by atoms with Crippen molar-refractivity contribution in [3.05, 3.63) is 54.4 Å². The number of hydrogen-bond donors (Lipinski definition) is 2. The summed E-state index contributed by atoms with van der Waals surface area (Å²) < 4.78 is 0. The third-order valence-electron chi connectivity index (χ3n) is 3.26. The van der Waals surface area contributed by atoms with E-state index in [2.05, 4.69) is 15.6 Å². The van der Waals surface area contributed by atoms with Crippen LogP contribution in [0, 0.1) is 0 Å². The molecule has 2 amide bonds. The van der Waals surface area contributed by atoms with Crippen molar-refractivity contribution in [2.45, 2.75) is 6.54 Å². The number of pyridine rings is 1. The quantitative estimate of drug-likeness (QED) is 0.894. The van der Waals surface area contributed by atoms with Gasteiger partial charge in [-0.15, -0.1) is 0 Å². The number of nitrogens with zero attached hydrogens (tertiary/aromatic N) is 2. The molecule has 1 aromatic carbocycles. The van der Waals surface area contributed by atoms with Gasteiger partial charge in [0.05, 0.1) is 0 Å². The van der Waals surface area contributed by atoms with Crippen molar-refractivity contribution < 1.29 is 4.79 Å². The van der Waals surface area contributed by atoms with Crippen LogP contribution in [0.25, 0.3) is 0 Å². The molecule has 0 unspecified atom stereocenters. The van der Waals surface area contributed by atoms with Crippen LogP contribution in [0.15, 0.2) is 48.8 Å². The topological polar surface area (TPSA) is 57.3 Å². The first-order valence-corrected chi connectivity index (χ1v) is 6.61. The number of carbonyl (C=O) groups is 1. The Bertz CT molecular complexity index is 600. The molecular formula is C15H16N4O. The van der Waals surface area contributed by atoms with E-state index in [1.807, 2.05) is 36.4 Å². The van der Waals surface area contributed by atoms with Gasteiger partial charge in [-0.1, -0.05) is 6.07 Å². The Morgan fingerprint density at radius 1 is 1.25 bits per heavy atom. The zero-order chi connectivity index (χ0) is 13.8. The van der Waals surface area contributed by atoms with Crippen LogP contribution in [-0.2, 0) is 6.54 Å². The lowest BCUT2D eigenvalue weighted by Gasteiger charge is -2.15. The Hall–Kier alpha value is -2.56. The van der Waals surface area contributed by atoms with Gasteiger partial charge in [0.15, 0.2) is 0 Å². The fourth-order valence-corrected chi connectivity index (χ4v) is 2.21. The summed E-state index contributed by atoms with van der Waals surface area (Å²) in [7, 11) is 0. The monoisotopic (exact) mass is 268 g/mol. The van der Waals surface area contributed by atoms with Crippen LogP contribution in [0.4, 0.5) is 16.2 Å². The van der Waals surface area contributed by atoms with E-state index in [9.17, 15) is 4.79 Å². The van der Waals surface area contributed by atoms with Gasteiger partial charge in [0.1, 0.15) is 0 Å². The SMILES string of the molecule is O=C1NCCN1c1cccc(NCc2ccncc2)c1. The fourth-order valence-electron chi connectivity index (χ4n) is 2.21. The van der Waals surface area contributed by atoms with E-state index in [0.29, 0.717) is 13.1 Å². The molecule has 1 fully saturated rings. The molecule has 3 rings (SSSR count). The molecule has 102 valence electrons. The Morgan fingerprint density at radius 3 is 2.85 bits per heavy atom. The van der Waals surface area contributed by atoms with Crippen molar-refractivity contribution in [2.24, 2.45) is 0 Å². The number of nitrogens with one attached hydrogen (secondary N) is 2. The minimum Gasteiger partial charge on any atom is -0.381 e. The molecule has 2 N–H and O–H groups in total. The number of anilines is 2. The Balaban J connectivity index is 1.70. The Labute approximate surface area is 117 Å². The van der Waals surface area contributed by atoms with E-state index < -0.39 is 0 Å². The minimum atomic E-state index is -0.0312. The lowest BCUT2D eigenvalue weighted by molar-refractivity contribution is 0.252. The van der Waals surface area contributed by atoms with Crippen LogP contribution >= 0.6 is 0 Å². The Morgan fingerprint density at radius 2 is 2.10 bits per heavy atom. The Kier molecular flexibility index (Phi) is 3.50. The van der Waals surface area contributed by atoms with Crippen molar-refractivity contribution in [2.75, 3.05) is 23.3 Å². The van der Waals surface area contributed by atoms with Crippen LogP contribution < -0.4 is 15.5 Å². The van der Waals surface area contributed by atoms with Crippen molar-refractivity contribution >= 4 is 17.4 Å². The molecule has 2 aromatic rings. The van der Waals surface area contributed by atoms with Crippen LogP contribution in [0.2, 0.25) is 0 Å². The maximum Gasteiger partial charge on any atom is 0.321 e. The van der Waals surface area contributed by atoms with Crippen molar-refractivity contribution in [3.8, 4) is 0 Å². The highest BCUT2D eigenvalue weighted by Gasteiger charge is 2.20. The van der Waals surface area contributed by atoms with Crippen molar-refractivity contribution in [1.82, 2.24) is 10.3 Å². The largest absolute Gasteiger partial charge is 0.381 e. The maximum atomic E-state index is 11.7. The molecule has 0 radical (unpaired) electrons. The molecule has 0 spiro atoms.